The summed E-state index contributed by atoms with van der Waals surface area (Å²) in [6.07, 6.45) is 2.50. The van der Waals surface area contributed by atoms with Crippen molar-refractivity contribution in [2.24, 2.45) is 14.1 Å². The molecule has 0 spiro atoms. The lowest BCUT2D eigenvalue weighted by Crippen LogP contribution is -2.32. The Morgan fingerprint density at radius 3 is 2.46 bits per heavy atom. The molecule has 12 heteroatoms. The molecule has 41 heavy (non-hydrogen) atoms. The molecule has 1 aliphatic rings. The molecule has 11 nitrogen and oxygen atoms in total. The molecule has 0 saturated heterocycles. The van der Waals surface area contributed by atoms with Gasteiger partial charge in [-0.1, -0.05) is 24.3 Å². The van der Waals surface area contributed by atoms with E-state index < -0.39 is 17.6 Å². The van der Waals surface area contributed by atoms with Gasteiger partial charge in [-0.05, 0) is 37.8 Å². The second-order valence-corrected chi connectivity index (χ2v) is 11.3. The zero-order chi connectivity index (χ0) is 29.6. The number of alkyl halides is 1. The first-order valence-electron chi connectivity index (χ1n) is 13.0. The number of hydrogen-bond donors (Lipinski definition) is 3. The summed E-state index contributed by atoms with van der Waals surface area (Å²) >= 11 is 6.31. The van der Waals surface area contributed by atoms with Gasteiger partial charge in [0.1, 0.15) is 17.0 Å². The fourth-order valence-corrected chi connectivity index (χ4v) is 5.30. The number of hydrogen-bond acceptors (Lipinski definition) is 6. The van der Waals surface area contributed by atoms with Gasteiger partial charge in [0, 0.05) is 56.3 Å². The summed E-state index contributed by atoms with van der Waals surface area (Å²) in [5.74, 6) is -0.336. The minimum Gasteiger partial charge on any atom is -0.507 e. The number of halogens is 1. The van der Waals surface area contributed by atoms with Crippen molar-refractivity contribution < 1.29 is 24.2 Å². The third-order valence-electron chi connectivity index (χ3n) is 6.77. The lowest BCUT2D eigenvalue weighted by atomic mass is 9.95. The molecule has 3 heterocycles. The maximum atomic E-state index is 13.7. The number of aryl methyl sites for hydroxylation is 2. The number of aromatic nitrogens is 3. The van der Waals surface area contributed by atoms with Crippen LogP contribution in [0.4, 0.5) is 22.0 Å². The van der Waals surface area contributed by atoms with E-state index >= 15 is 0 Å². The van der Waals surface area contributed by atoms with Crippen molar-refractivity contribution in [3.63, 3.8) is 0 Å². The number of imidazole rings is 1. The van der Waals surface area contributed by atoms with Crippen molar-refractivity contribution in [1.82, 2.24) is 14.1 Å². The van der Waals surface area contributed by atoms with Gasteiger partial charge in [0.05, 0.1) is 11.4 Å². The van der Waals surface area contributed by atoms with Crippen molar-refractivity contribution in [3.05, 3.63) is 65.9 Å². The van der Waals surface area contributed by atoms with Gasteiger partial charge in [0.25, 0.3) is 11.8 Å². The van der Waals surface area contributed by atoms with Crippen molar-refractivity contribution in [3.8, 4) is 5.75 Å². The van der Waals surface area contributed by atoms with Gasteiger partial charge in [0.15, 0.2) is 5.82 Å². The molecular formula is C29H31ClN6O5. The number of aromatic hydroxyl groups is 1. The van der Waals surface area contributed by atoms with Gasteiger partial charge >= 0.3 is 6.09 Å². The van der Waals surface area contributed by atoms with E-state index in [-0.39, 0.29) is 34.9 Å². The first kappa shape index (κ1) is 28.0. The van der Waals surface area contributed by atoms with E-state index in [0.717, 1.165) is 10.9 Å². The molecule has 1 atom stereocenters. The third-order valence-corrected chi connectivity index (χ3v) is 7.14. The Labute approximate surface area is 241 Å². The Balaban J connectivity index is 1.36. The predicted octanol–water partition coefficient (Wildman–Crippen LogP) is 5.20. The maximum Gasteiger partial charge on any atom is 0.412 e. The molecule has 2 aromatic heterocycles. The summed E-state index contributed by atoms with van der Waals surface area (Å²) in [4.78, 5) is 44.8. The van der Waals surface area contributed by atoms with Crippen LogP contribution >= 0.6 is 11.6 Å². The standard InChI is InChI=1S/C29H31ClN6O5/c1-29(2,3)41-28(40)31-17-10-21(34(4)14-17)26(38)33-23-15-35(5)25(32-23)27(39)36-13-16(12-30)24-19-9-7-6-8-18(19)22(37)11-20(24)36/h6-11,14-16,37H,12-13H2,1-5H3,(H,31,40)(H,33,38)/t16-/m1/s1. The summed E-state index contributed by atoms with van der Waals surface area (Å²) in [6, 6.07) is 10.6. The molecule has 0 radical (unpaired) electrons. The molecular weight excluding hydrogens is 548 g/mol. The number of nitrogens with zero attached hydrogens (tertiary/aromatic N) is 4. The van der Waals surface area contributed by atoms with Crippen LogP contribution in [0.2, 0.25) is 0 Å². The Morgan fingerprint density at radius 2 is 1.78 bits per heavy atom. The molecule has 1 aliphatic heterocycles. The van der Waals surface area contributed by atoms with Crippen LogP contribution in [0.25, 0.3) is 10.8 Å². The van der Waals surface area contributed by atoms with Crippen LogP contribution in [0.3, 0.4) is 0 Å². The van der Waals surface area contributed by atoms with E-state index in [2.05, 4.69) is 15.6 Å². The Morgan fingerprint density at radius 1 is 1.07 bits per heavy atom. The molecule has 5 rings (SSSR count). The topological polar surface area (TPSA) is 131 Å². The smallest absolute Gasteiger partial charge is 0.412 e. The molecule has 0 aliphatic carbocycles. The van der Waals surface area contributed by atoms with Gasteiger partial charge < -0.3 is 29.2 Å². The van der Waals surface area contributed by atoms with E-state index in [1.165, 1.54) is 10.6 Å². The van der Waals surface area contributed by atoms with Crippen molar-refractivity contribution in [2.45, 2.75) is 32.3 Å². The van der Waals surface area contributed by atoms with Crippen LogP contribution in [-0.2, 0) is 18.8 Å². The Hall–Kier alpha value is -4.51. The van der Waals surface area contributed by atoms with E-state index in [0.29, 0.717) is 29.2 Å². The number of carbonyl (C=O) groups excluding carboxylic acids is 3. The summed E-state index contributed by atoms with van der Waals surface area (Å²) < 4.78 is 8.35. The van der Waals surface area contributed by atoms with Gasteiger partial charge in [-0.2, -0.15) is 0 Å². The first-order chi connectivity index (χ1) is 19.4. The molecule has 4 aromatic rings. The normalized spacial score (nSPS) is 14.7. The number of rotatable bonds is 5. The molecule has 2 aromatic carbocycles. The third kappa shape index (κ3) is 5.45. The largest absolute Gasteiger partial charge is 0.507 e. The SMILES string of the molecule is Cn1cc(NC(=O)OC(C)(C)C)cc1C(=O)Nc1cn(C)c(C(=O)N2C[C@@H](CCl)c3c2cc(O)c2ccccc32)n1. The quantitative estimate of drug-likeness (QED) is 0.279. The molecule has 214 valence electrons. The minimum atomic E-state index is -0.663. The number of fused-ring (bicyclic) bond motifs is 3. The van der Waals surface area contributed by atoms with E-state index in [1.54, 1.807) is 62.8 Å². The fourth-order valence-electron chi connectivity index (χ4n) is 5.05. The monoisotopic (exact) mass is 578 g/mol. The average Bonchev–Trinajstić information content (AvgIpc) is 3.56. The average molecular weight is 579 g/mol. The highest BCUT2D eigenvalue weighted by Gasteiger charge is 2.36. The second kappa shape index (κ2) is 10.5. The number of phenolic OH excluding ortho intramolecular Hbond substituents is 1. The molecule has 3 N–H and O–H groups in total. The molecule has 0 unspecified atom stereocenters. The van der Waals surface area contributed by atoms with Gasteiger partial charge in [-0.15, -0.1) is 11.6 Å². The molecule has 3 amide bonds. The molecule has 0 fully saturated rings. The summed E-state index contributed by atoms with van der Waals surface area (Å²) in [7, 11) is 3.33. The second-order valence-electron chi connectivity index (χ2n) is 11.0. The summed E-state index contributed by atoms with van der Waals surface area (Å²) in [5.41, 5.74) is 1.48. The summed E-state index contributed by atoms with van der Waals surface area (Å²) in [6.45, 7) is 5.60. The molecule has 0 saturated carbocycles. The van der Waals surface area contributed by atoms with Crippen molar-refractivity contribution in [2.75, 3.05) is 28.0 Å². The zero-order valence-electron chi connectivity index (χ0n) is 23.4. The number of ether oxygens (including phenoxy) is 1. The Bertz CT molecular complexity index is 1680. The number of nitrogens with one attached hydrogen (secondary N) is 2. The van der Waals surface area contributed by atoms with Crippen LogP contribution in [-0.4, -0.2) is 55.2 Å². The van der Waals surface area contributed by atoms with Gasteiger partial charge in [0.2, 0.25) is 5.82 Å². The van der Waals surface area contributed by atoms with Crippen LogP contribution in [0, 0.1) is 0 Å². The number of benzene rings is 2. The highest BCUT2D eigenvalue weighted by molar-refractivity contribution is 6.19. The van der Waals surface area contributed by atoms with Gasteiger partial charge in [-0.25, -0.2) is 9.78 Å². The highest BCUT2D eigenvalue weighted by Crippen LogP contribution is 2.45. The lowest BCUT2D eigenvalue weighted by Gasteiger charge is -2.19. The van der Waals surface area contributed by atoms with Crippen molar-refractivity contribution in [1.29, 1.82) is 0 Å². The summed E-state index contributed by atoms with van der Waals surface area (Å²) in [5, 5.41) is 17.6. The first-order valence-corrected chi connectivity index (χ1v) is 13.5. The van der Waals surface area contributed by atoms with E-state index in [9.17, 15) is 19.5 Å². The van der Waals surface area contributed by atoms with Crippen LogP contribution < -0.4 is 15.5 Å². The lowest BCUT2D eigenvalue weighted by molar-refractivity contribution is 0.0635. The number of carbonyl (C=O) groups is 3. The van der Waals surface area contributed by atoms with Crippen molar-refractivity contribution >= 4 is 57.5 Å². The van der Waals surface area contributed by atoms with Crippen LogP contribution in [0.1, 0.15) is 53.4 Å². The number of phenols is 1. The van der Waals surface area contributed by atoms with E-state index in [4.69, 9.17) is 16.3 Å². The van der Waals surface area contributed by atoms with Crippen LogP contribution in [0.5, 0.6) is 5.75 Å². The maximum absolute atomic E-state index is 13.7. The Kier molecular flexibility index (Phi) is 7.16. The van der Waals surface area contributed by atoms with Gasteiger partial charge in [-0.3, -0.25) is 14.9 Å². The predicted molar refractivity (Wildman–Crippen MR) is 157 cm³/mol. The number of amides is 3. The fraction of sp³-hybridized carbons (Fsp3) is 0.310. The highest BCUT2D eigenvalue weighted by atomic mass is 35.5. The van der Waals surface area contributed by atoms with Crippen LogP contribution in [0.15, 0.2) is 48.8 Å². The van der Waals surface area contributed by atoms with E-state index in [1.807, 2.05) is 24.3 Å². The zero-order valence-corrected chi connectivity index (χ0v) is 24.1. The molecule has 0 bridgehead atoms. The number of anilines is 3. The minimum absolute atomic E-state index is 0.0725.